The molecule has 0 radical (unpaired) electrons. The second-order valence-corrected chi connectivity index (χ2v) is 6.85. The number of Topliss-reactive ketones (excluding diaryl/α,β-unsaturated/α-hetero) is 1. The molecule has 25 heavy (non-hydrogen) atoms. The monoisotopic (exact) mass is 337 g/mol. The van der Waals surface area contributed by atoms with Crippen LogP contribution in [0.4, 0.5) is 4.39 Å². The zero-order valence-corrected chi connectivity index (χ0v) is 14.0. The lowest BCUT2D eigenvalue weighted by molar-refractivity contribution is -0.132. The van der Waals surface area contributed by atoms with Gasteiger partial charge in [-0.15, -0.1) is 0 Å². The summed E-state index contributed by atoms with van der Waals surface area (Å²) in [6.07, 6.45) is 8.72. The summed E-state index contributed by atoms with van der Waals surface area (Å²) in [6, 6.07) is 7.94. The minimum Gasteiger partial charge on any atom is -0.296 e. The molecule has 1 aliphatic carbocycles. The number of fused-ring (bicyclic) bond motifs is 1. The third kappa shape index (κ3) is 3.18. The zero-order valence-electron chi connectivity index (χ0n) is 14.0. The smallest absolute Gasteiger partial charge is 0.175 e. The average molecular weight is 337 g/mol. The fourth-order valence-electron chi connectivity index (χ4n) is 3.59. The largest absolute Gasteiger partial charge is 0.296 e. The first-order chi connectivity index (χ1) is 12.1. The van der Waals surface area contributed by atoms with Gasteiger partial charge in [0.05, 0.1) is 12.6 Å². The van der Waals surface area contributed by atoms with Crippen molar-refractivity contribution < 1.29 is 9.18 Å². The average Bonchev–Trinajstić information content (AvgIpc) is 3.16. The van der Waals surface area contributed by atoms with Gasteiger partial charge in [-0.1, -0.05) is 18.6 Å². The van der Waals surface area contributed by atoms with Crippen molar-refractivity contribution in [2.24, 2.45) is 0 Å². The number of ketones is 1. The SMILES string of the molecule is O=C(Cc1cc2cc(-c3cn[nH]c3)ccc2cn1)C1(F)CCCCC1. The Morgan fingerprint density at radius 2 is 1.92 bits per heavy atom. The number of carbonyl (C=O) groups excluding carboxylic acids is 1. The van der Waals surface area contributed by atoms with Gasteiger partial charge in [0.15, 0.2) is 11.5 Å². The van der Waals surface area contributed by atoms with Gasteiger partial charge in [-0.3, -0.25) is 14.9 Å². The van der Waals surface area contributed by atoms with Crippen molar-refractivity contribution in [3.63, 3.8) is 0 Å². The van der Waals surface area contributed by atoms with Crippen molar-refractivity contribution in [2.75, 3.05) is 0 Å². The maximum atomic E-state index is 14.8. The fraction of sp³-hybridized carbons (Fsp3) is 0.350. The zero-order chi connectivity index (χ0) is 17.3. The molecule has 4 rings (SSSR count). The van der Waals surface area contributed by atoms with Gasteiger partial charge >= 0.3 is 0 Å². The molecular formula is C20H20FN3O. The van der Waals surface area contributed by atoms with Gasteiger partial charge in [-0.25, -0.2) is 4.39 Å². The Labute approximate surface area is 145 Å². The van der Waals surface area contributed by atoms with Gasteiger partial charge < -0.3 is 0 Å². The summed E-state index contributed by atoms with van der Waals surface area (Å²) in [4.78, 5) is 16.8. The number of nitrogens with one attached hydrogen (secondary N) is 1. The van der Waals surface area contributed by atoms with E-state index in [9.17, 15) is 9.18 Å². The Balaban J connectivity index is 1.60. The summed E-state index contributed by atoms with van der Waals surface area (Å²) < 4.78 is 14.8. The maximum Gasteiger partial charge on any atom is 0.175 e. The normalized spacial score (nSPS) is 16.8. The number of hydrogen-bond donors (Lipinski definition) is 1. The fourth-order valence-corrected chi connectivity index (χ4v) is 3.59. The summed E-state index contributed by atoms with van der Waals surface area (Å²) in [5, 5.41) is 8.77. The number of aromatic nitrogens is 3. The van der Waals surface area contributed by atoms with E-state index >= 15 is 0 Å². The number of nitrogens with zero attached hydrogens (tertiary/aromatic N) is 2. The number of benzene rings is 1. The molecule has 128 valence electrons. The first-order valence-corrected chi connectivity index (χ1v) is 8.74. The lowest BCUT2D eigenvalue weighted by Gasteiger charge is -2.27. The van der Waals surface area contributed by atoms with E-state index in [0.29, 0.717) is 18.5 Å². The molecule has 1 aliphatic rings. The molecule has 1 aromatic carbocycles. The lowest BCUT2D eigenvalue weighted by Crippen LogP contribution is -2.37. The molecule has 0 saturated heterocycles. The predicted octanol–water partition coefficient (Wildman–Crippen LogP) is 4.41. The maximum absolute atomic E-state index is 14.8. The van der Waals surface area contributed by atoms with Crippen LogP contribution >= 0.6 is 0 Å². The summed E-state index contributed by atoms with van der Waals surface area (Å²) in [5.41, 5.74) is 1.01. The van der Waals surface area contributed by atoms with E-state index in [2.05, 4.69) is 15.2 Å². The van der Waals surface area contributed by atoms with Gasteiger partial charge in [0, 0.05) is 29.0 Å². The van der Waals surface area contributed by atoms with Gasteiger partial charge in [0.25, 0.3) is 0 Å². The molecule has 3 aromatic rings. The van der Waals surface area contributed by atoms with Crippen LogP contribution in [0.3, 0.4) is 0 Å². The standard InChI is InChI=1S/C20H20FN3O/c21-20(6-2-1-3-7-20)19(25)10-18-9-16-8-14(17-12-23-24-13-17)4-5-15(16)11-22-18/h4-5,8-9,11-13H,1-3,6-7,10H2,(H,23,24). The Hall–Kier alpha value is -2.56. The second kappa shape index (κ2) is 6.39. The van der Waals surface area contributed by atoms with E-state index < -0.39 is 5.67 Å². The van der Waals surface area contributed by atoms with E-state index in [1.807, 2.05) is 30.5 Å². The number of rotatable bonds is 4. The van der Waals surface area contributed by atoms with Crippen LogP contribution in [0, 0.1) is 0 Å². The van der Waals surface area contributed by atoms with Crippen molar-refractivity contribution in [2.45, 2.75) is 44.2 Å². The van der Waals surface area contributed by atoms with E-state index in [1.165, 1.54) is 0 Å². The van der Waals surface area contributed by atoms with Crippen molar-refractivity contribution in [3.05, 3.63) is 48.5 Å². The van der Waals surface area contributed by atoms with Crippen molar-refractivity contribution in [3.8, 4) is 11.1 Å². The molecule has 5 heteroatoms. The number of H-pyrrole nitrogens is 1. The predicted molar refractivity (Wildman–Crippen MR) is 95.0 cm³/mol. The Morgan fingerprint density at radius 3 is 2.68 bits per heavy atom. The molecule has 4 nitrogen and oxygen atoms in total. The van der Waals surface area contributed by atoms with Crippen LogP contribution in [-0.2, 0) is 11.2 Å². The number of alkyl halides is 1. The van der Waals surface area contributed by atoms with E-state index in [-0.39, 0.29) is 12.2 Å². The molecule has 0 aliphatic heterocycles. The topological polar surface area (TPSA) is 58.6 Å². The number of pyridine rings is 1. The van der Waals surface area contributed by atoms with E-state index in [4.69, 9.17) is 0 Å². The summed E-state index contributed by atoms with van der Waals surface area (Å²) in [7, 11) is 0. The molecule has 2 heterocycles. The van der Waals surface area contributed by atoms with Gasteiger partial charge in [0.2, 0.25) is 0 Å². The molecule has 0 bridgehead atoms. The van der Waals surface area contributed by atoms with Crippen molar-refractivity contribution >= 4 is 16.6 Å². The van der Waals surface area contributed by atoms with E-state index in [1.54, 1.807) is 12.4 Å². The van der Waals surface area contributed by atoms with Crippen LogP contribution in [0.2, 0.25) is 0 Å². The quantitative estimate of drug-likeness (QED) is 0.767. The van der Waals surface area contributed by atoms with E-state index in [0.717, 1.165) is 41.2 Å². The molecular weight excluding hydrogens is 317 g/mol. The highest BCUT2D eigenvalue weighted by molar-refractivity contribution is 5.91. The van der Waals surface area contributed by atoms with Crippen LogP contribution in [0.15, 0.2) is 42.9 Å². The first-order valence-electron chi connectivity index (χ1n) is 8.74. The number of carbonyl (C=O) groups is 1. The molecule has 0 amide bonds. The van der Waals surface area contributed by atoms with Gasteiger partial charge in [0.1, 0.15) is 0 Å². The molecule has 0 unspecified atom stereocenters. The Kier molecular flexibility index (Phi) is 4.07. The number of hydrogen-bond acceptors (Lipinski definition) is 3. The minimum atomic E-state index is -1.66. The molecule has 1 saturated carbocycles. The first kappa shape index (κ1) is 15.9. The third-order valence-corrected chi connectivity index (χ3v) is 5.10. The highest BCUT2D eigenvalue weighted by Crippen LogP contribution is 2.33. The Bertz CT molecular complexity index is 898. The van der Waals surface area contributed by atoms with Crippen LogP contribution in [-0.4, -0.2) is 26.6 Å². The van der Waals surface area contributed by atoms with Gasteiger partial charge in [-0.2, -0.15) is 5.10 Å². The Morgan fingerprint density at radius 1 is 1.08 bits per heavy atom. The number of halogens is 1. The third-order valence-electron chi connectivity index (χ3n) is 5.10. The summed E-state index contributed by atoms with van der Waals surface area (Å²) >= 11 is 0. The highest BCUT2D eigenvalue weighted by Gasteiger charge is 2.39. The molecule has 1 N–H and O–H groups in total. The van der Waals surface area contributed by atoms with Gasteiger partial charge in [-0.05, 0) is 48.8 Å². The van der Waals surface area contributed by atoms with Crippen LogP contribution in [0.5, 0.6) is 0 Å². The molecule has 1 fully saturated rings. The molecule has 2 aromatic heterocycles. The summed E-state index contributed by atoms with van der Waals surface area (Å²) in [6.45, 7) is 0. The van der Waals surface area contributed by atoms with Crippen LogP contribution in [0.1, 0.15) is 37.8 Å². The molecule has 0 spiro atoms. The summed E-state index contributed by atoms with van der Waals surface area (Å²) in [5.74, 6) is -0.329. The van der Waals surface area contributed by atoms with Crippen molar-refractivity contribution in [1.29, 1.82) is 0 Å². The highest BCUT2D eigenvalue weighted by atomic mass is 19.1. The second-order valence-electron chi connectivity index (χ2n) is 6.85. The minimum absolute atomic E-state index is 0.0579. The molecule has 0 atom stereocenters. The lowest BCUT2D eigenvalue weighted by atomic mass is 9.82. The van der Waals surface area contributed by atoms with Crippen molar-refractivity contribution in [1.82, 2.24) is 15.2 Å². The number of aromatic amines is 1. The van der Waals surface area contributed by atoms with Crippen LogP contribution < -0.4 is 0 Å². The van der Waals surface area contributed by atoms with Crippen LogP contribution in [0.25, 0.3) is 21.9 Å².